The van der Waals surface area contributed by atoms with Gasteiger partial charge in [0.05, 0.1) is 12.2 Å². The van der Waals surface area contributed by atoms with Gasteiger partial charge in [0.25, 0.3) is 0 Å². The van der Waals surface area contributed by atoms with Crippen LogP contribution in [0.2, 0.25) is 0 Å². The van der Waals surface area contributed by atoms with Gasteiger partial charge in [0.2, 0.25) is 11.8 Å². The van der Waals surface area contributed by atoms with E-state index in [4.69, 9.17) is 0 Å². The Morgan fingerprint density at radius 2 is 2.11 bits per heavy atom. The van der Waals surface area contributed by atoms with E-state index in [-0.39, 0.29) is 17.7 Å². The van der Waals surface area contributed by atoms with Crippen molar-refractivity contribution in [1.82, 2.24) is 15.2 Å². The van der Waals surface area contributed by atoms with Crippen LogP contribution >= 0.6 is 0 Å². The van der Waals surface area contributed by atoms with Crippen LogP contribution in [0.3, 0.4) is 0 Å². The number of carbonyl (C=O) groups is 2. The molecule has 102 valence electrons. The van der Waals surface area contributed by atoms with Crippen molar-refractivity contribution >= 4 is 11.8 Å². The third-order valence-corrected chi connectivity index (χ3v) is 3.42. The molecule has 2 rings (SSSR count). The molecule has 1 aromatic rings. The molecule has 5 heteroatoms. The van der Waals surface area contributed by atoms with Crippen molar-refractivity contribution in [3.63, 3.8) is 0 Å². The molecule has 2 unspecified atom stereocenters. The lowest BCUT2D eigenvalue weighted by Crippen LogP contribution is -2.63. The van der Waals surface area contributed by atoms with Crippen molar-refractivity contribution in [2.24, 2.45) is 5.92 Å². The van der Waals surface area contributed by atoms with E-state index >= 15 is 0 Å². The third-order valence-electron chi connectivity index (χ3n) is 3.42. The zero-order valence-corrected chi connectivity index (χ0v) is 11.5. The summed E-state index contributed by atoms with van der Waals surface area (Å²) in [4.78, 5) is 30.2. The number of pyridine rings is 1. The lowest BCUT2D eigenvalue weighted by molar-refractivity contribution is -0.150. The van der Waals surface area contributed by atoms with E-state index in [2.05, 4.69) is 10.3 Å². The molecule has 0 spiro atoms. The van der Waals surface area contributed by atoms with Gasteiger partial charge in [-0.05, 0) is 25.0 Å². The number of nitrogens with one attached hydrogen (secondary N) is 1. The third kappa shape index (κ3) is 2.75. The van der Waals surface area contributed by atoms with E-state index in [0.717, 1.165) is 5.69 Å². The van der Waals surface area contributed by atoms with E-state index in [1.807, 2.05) is 32.0 Å². The van der Waals surface area contributed by atoms with Crippen molar-refractivity contribution in [3.8, 4) is 0 Å². The Bertz CT molecular complexity index is 473. The number of hydrogen-bond donors (Lipinski definition) is 1. The highest BCUT2D eigenvalue weighted by molar-refractivity contribution is 5.96. The fourth-order valence-corrected chi connectivity index (χ4v) is 2.18. The Labute approximate surface area is 113 Å². The van der Waals surface area contributed by atoms with Crippen LogP contribution in [0.1, 0.15) is 26.5 Å². The van der Waals surface area contributed by atoms with E-state index in [1.165, 1.54) is 0 Å². The molecule has 0 radical (unpaired) electrons. The summed E-state index contributed by atoms with van der Waals surface area (Å²) in [5, 5.41) is 2.78. The minimum Gasteiger partial charge on any atom is -0.342 e. The van der Waals surface area contributed by atoms with Gasteiger partial charge in [-0.1, -0.05) is 19.9 Å². The smallest absolute Gasteiger partial charge is 0.246 e. The first-order chi connectivity index (χ1) is 9.00. The second-order valence-corrected chi connectivity index (χ2v) is 5.19. The van der Waals surface area contributed by atoms with Crippen LogP contribution in [0.15, 0.2) is 24.4 Å². The van der Waals surface area contributed by atoms with Gasteiger partial charge in [0.1, 0.15) is 12.1 Å². The summed E-state index contributed by atoms with van der Waals surface area (Å²) in [5.41, 5.74) is 0.792. The zero-order chi connectivity index (χ0) is 14.0. The number of aromatic nitrogens is 1. The highest BCUT2D eigenvalue weighted by atomic mass is 16.2. The van der Waals surface area contributed by atoms with Crippen molar-refractivity contribution < 1.29 is 9.59 Å². The van der Waals surface area contributed by atoms with Crippen LogP contribution in [0.25, 0.3) is 0 Å². The molecule has 0 saturated carbocycles. The maximum atomic E-state index is 12.4. The molecule has 1 aromatic heterocycles. The van der Waals surface area contributed by atoms with Gasteiger partial charge in [-0.25, -0.2) is 0 Å². The molecule has 2 atom stereocenters. The van der Waals surface area contributed by atoms with Crippen LogP contribution in [-0.2, 0) is 16.1 Å². The monoisotopic (exact) mass is 261 g/mol. The first-order valence-corrected chi connectivity index (χ1v) is 6.51. The van der Waals surface area contributed by atoms with Crippen LogP contribution in [0.5, 0.6) is 0 Å². The Hall–Kier alpha value is -1.91. The fourth-order valence-electron chi connectivity index (χ4n) is 2.18. The maximum Gasteiger partial charge on any atom is 0.246 e. The van der Waals surface area contributed by atoms with Crippen molar-refractivity contribution in [1.29, 1.82) is 0 Å². The SMILES string of the molecule is CC(C)C1NC(=O)C(C)N(Cc2ccccn2)C1=O. The van der Waals surface area contributed by atoms with Crippen molar-refractivity contribution in [2.45, 2.75) is 39.4 Å². The molecule has 1 N–H and O–H groups in total. The molecule has 1 fully saturated rings. The Balaban J connectivity index is 2.21. The number of carbonyl (C=O) groups excluding carboxylic acids is 2. The standard InChI is InChI=1S/C14H19N3O2/c1-9(2)12-14(19)17(10(3)13(18)16-12)8-11-6-4-5-7-15-11/h4-7,9-10,12H,8H2,1-3H3,(H,16,18). The molecule has 5 nitrogen and oxygen atoms in total. The molecule has 0 aromatic carbocycles. The molecule has 1 aliphatic rings. The zero-order valence-electron chi connectivity index (χ0n) is 11.5. The molecule has 2 heterocycles. The van der Waals surface area contributed by atoms with E-state index in [0.29, 0.717) is 6.54 Å². The first-order valence-electron chi connectivity index (χ1n) is 6.51. The Kier molecular flexibility index (Phi) is 3.83. The largest absolute Gasteiger partial charge is 0.342 e. The Morgan fingerprint density at radius 1 is 1.37 bits per heavy atom. The molecule has 2 amide bonds. The lowest BCUT2D eigenvalue weighted by Gasteiger charge is -2.38. The maximum absolute atomic E-state index is 12.4. The molecule has 1 saturated heterocycles. The topological polar surface area (TPSA) is 62.3 Å². The summed E-state index contributed by atoms with van der Waals surface area (Å²) >= 11 is 0. The average Bonchev–Trinajstić information content (AvgIpc) is 2.40. The van der Waals surface area contributed by atoms with Gasteiger partial charge in [0.15, 0.2) is 0 Å². The molecular weight excluding hydrogens is 242 g/mol. The fraction of sp³-hybridized carbons (Fsp3) is 0.500. The summed E-state index contributed by atoms with van der Waals surface area (Å²) in [7, 11) is 0. The lowest BCUT2D eigenvalue weighted by atomic mass is 9.98. The number of hydrogen-bond acceptors (Lipinski definition) is 3. The summed E-state index contributed by atoms with van der Waals surface area (Å²) in [5.74, 6) is -0.0582. The van der Waals surface area contributed by atoms with Gasteiger partial charge in [-0.15, -0.1) is 0 Å². The van der Waals surface area contributed by atoms with Crippen LogP contribution in [-0.4, -0.2) is 33.8 Å². The number of amides is 2. The summed E-state index contributed by atoms with van der Waals surface area (Å²) in [6.45, 7) is 5.97. The van der Waals surface area contributed by atoms with Crippen molar-refractivity contribution in [3.05, 3.63) is 30.1 Å². The average molecular weight is 261 g/mol. The highest BCUT2D eigenvalue weighted by Gasteiger charge is 2.39. The number of nitrogens with zero attached hydrogens (tertiary/aromatic N) is 2. The van der Waals surface area contributed by atoms with Gasteiger partial charge in [-0.3, -0.25) is 14.6 Å². The summed E-state index contributed by atoms with van der Waals surface area (Å²) in [6, 6.07) is 4.67. The van der Waals surface area contributed by atoms with E-state index in [9.17, 15) is 9.59 Å². The van der Waals surface area contributed by atoms with Crippen LogP contribution < -0.4 is 5.32 Å². The van der Waals surface area contributed by atoms with E-state index < -0.39 is 12.1 Å². The van der Waals surface area contributed by atoms with E-state index in [1.54, 1.807) is 18.0 Å². The minimum atomic E-state index is -0.454. The molecule has 19 heavy (non-hydrogen) atoms. The predicted octanol–water partition coefficient (Wildman–Crippen LogP) is 0.953. The minimum absolute atomic E-state index is 0.0345. The molecule has 1 aliphatic heterocycles. The second-order valence-electron chi connectivity index (χ2n) is 5.19. The number of piperazine rings is 1. The van der Waals surface area contributed by atoms with Crippen molar-refractivity contribution in [2.75, 3.05) is 0 Å². The second kappa shape index (κ2) is 5.38. The molecule has 0 bridgehead atoms. The quantitative estimate of drug-likeness (QED) is 0.881. The highest BCUT2D eigenvalue weighted by Crippen LogP contribution is 2.17. The van der Waals surface area contributed by atoms with Gasteiger partial charge < -0.3 is 10.2 Å². The predicted molar refractivity (Wildman–Crippen MR) is 71.0 cm³/mol. The normalized spacial score (nSPS) is 23.7. The number of rotatable bonds is 3. The van der Waals surface area contributed by atoms with Gasteiger partial charge >= 0.3 is 0 Å². The van der Waals surface area contributed by atoms with Gasteiger partial charge in [-0.2, -0.15) is 0 Å². The Morgan fingerprint density at radius 3 is 2.68 bits per heavy atom. The van der Waals surface area contributed by atoms with Crippen LogP contribution in [0, 0.1) is 5.92 Å². The molecular formula is C14H19N3O2. The summed E-state index contributed by atoms with van der Waals surface area (Å²) in [6.07, 6.45) is 1.69. The van der Waals surface area contributed by atoms with Gasteiger partial charge in [0, 0.05) is 6.20 Å². The van der Waals surface area contributed by atoms with Crippen LogP contribution in [0.4, 0.5) is 0 Å². The molecule has 0 aliphatic carbocycles. The first kappa shape index (κ1) is 13.5. The summed E-state index contributed by atoms with van der Waals surface area (Å²) < 4.78 is 0.